The Morgan fingerprint density at radius 3 is 1.19 bits per heavy atom. The fraction of sp³-hybridized carbons (Fsp3) is 0.700. The number of hydrogen-bond acceptors (Lipinski definition) is 6. The molecule has 0 N–H and O–H groups in total. The third kappa shape index (κ3) is 13.1. The van der Waals surface area contributed by atoms with Gasteiger partial charge in [0, 0.05) is 0 Å². The zero-order valence-electron chi connectivity index (χ0n) is 22.9. The Morgan fingerprint density at radius 1 is 0.500 bits per heavy atom. The molecule has 1 aromatic carbocycles. The Morgan fingerprint density at radius 2 is 0.833 bits per heavy atom. The zero-order chi connectivity index (χ0) is 26.4. The molecule has 0 amide bonds. The van der Waals surface area contributed by atoms with Crippen LogP contribution in [-0.2, 0) is 14.2 Å². The molecule has 0 bridgehead atoms. The van der Waals surface area contributed by atoms with E-state index >= 15 is 0 Å². The van der Waals surface area contributed by atoms with Crippen molar-refractivity contribution < 1.29 is 28.6 Å². The van der Waals surface area contributed by atoms with Gasteiger partial charge in [0.15, 0.2) is 0 Å². The largest absolute Gasteiger partial charge is 0.462 e. The minimum absolute atomic E-state index is 0.0527. The van der Waals surface area contributed by atoms with Gasteiger partial charge in [0.25, 0.3) is 0 Å². The number of benzene rings is 1. The molecule has 0 fully saturated rings. The molecule has 204 valence electrons. The molecule has 0 saturated carbocycles. The van der Waals surface area contributed by atoms with Gasteiger partial charge < -0.3 is 14.2 Å². The highest BCUT2D eigenvalue weighted by Gasteiger charge is 2.27. The number of ether oxygens (including phenoxy) is 3. The SMILES string of the molecule is CCCCCCCOC(=O)c1cccc(C(=O)OCCCCCCC)c1C(=O)OCCCCCCC. The van der Waals surface area contributed by atoms with Crippen LogP contribution in [0.1, 0.15) is 148 Å². The lowest BCUT2D eigenvalue weighted by Gasteiger charge is -2.14. The van der Waals surface area contributed by atoms with Gasteiger partial charge in [0.2, 0.25) is 0 Å². The molecule has 1 aromatic rings. The van der Waals surface area contributed by atoms with Crippen molar-refractivity contribution in [3.8, 4) is 0 Å². The van der Waals surface area contributed by atoms with E-state index in [9.17, 15) is 14.4 Å². The van der Waals surface area contributed by atoms with Crippen molar-refractivity contribution >= 4 is 17.9 Å². The van der Waals surface area contributed by atoms with Crippen molar-refractivity contribution in [1.82, 2.24) is 0 Å². The maximum Gasteiger partial charge on any atom is 0.339 e. The molecule has 6 heteroatoms. The molecule has 0 atom stereocenters. The number of carbonyl (C=O) groups is 3. The van der Waals surface area contributed by atoms with E-state index < -0.39 is 17.9 Å². The van der Waals surface area contributed by atoms with E-state index in [4.69, 9.17) is 14.2 Å². The van der Waals surface area contributed by atoms with Crippen molar-refractivity contribution in [2.45, 2.75) is 117 Å². The molecule has 0 spiro atoms. The Balaban J connectivity index is 2.87. The van der Waals surface area contributed by atoms with Crippen LogP contribution in [-0.4, -0.2) is 37.7 Å². The summed E-state index contributed by atoms with van der Waals surface area (Å²) in [5.41, 5.74) is 0.0481. The molecule has 0 unspecified atom stereocenters. The van der Waals surface area contributed by atoms with Crippen LogP contribution in [0.15, 0.2) is 18.2 Å². The van der Waals surface area contributed by atoms with Crippen molar-refractivity contribution in [3.63, 3.8) is 0 Å². The van der Waals surface area contributed by atoms with Crippen molar-refractivity contribution in [1.29, 1.82) is 0 Å². The fourth-order valence-corrected chi connectivity index (χ4v) is 3.95. The highest BCUT2D eigenvalue weighted by molar-refractivity contribution is 6.10. The molecule has 0 aromatic heterocycles. The first-order valence-corrected chi connectivity index (χ1v) is 14.2. The quantitative estimate of drug-likeness (QED) is 0.0956. The second-order valence-electron chi connectivity index (χ2n) is 9.38. The summed E-state index contributed by atoms with van der Waals surface area (Å²) >= 11 is 0. The summed E-state index contributed by atoms with van der Waals surface area (Å²) in [4.78, 5) is 38.8. The molecule has 0 saturated heterocycles. The van der Waals surface area contributed by atoms with Gasteiger partial charge in [0.05, 0.1) is 36.5 Å². The molecule has 0 radical (unpaired) electrons. The summed E-state index contributed by atoms with van der Waals surface area (Å²) in [6.07, 6.45) is 15.4. The number of rotatable bonds is 21. The smallest absolute Gasteiger partial charge is 0.339 e. The first-order valence-electron chi connectivity index (χ1n) is 14.2. The molecule has 36 heavy (non-hydrogen) atoms. The maximum absolute atomic E-state index is 13.0. The van der Waals surface area contributed by atoms with Gasteiger partial charge in [-0.1, -0.05) is 104 Å². The molecular weight excluding hydrogens is 456 g/mol. The molecule has 0 heterocycles. The first kappa shape index (κ1) is 31.7. The summed E-state index contributed by atoms with van der Waals surface area (Å²) in [7, 11) is 0. The Labute approximate surface area is 218 Å². The zero-order valence-corrected chi connectivity index (χ0v) is 22.9. The van der Waals surface area contributed by atoms with Crippen LogP contribution in [0.4, 0.5) is 0 Å². The summed E-state index contributed by atoms with van der Waals surface area (Å²) in [6.45, 7) is 7.25. The van der Waals surface area contributed by atoms with E-state index in [1.54, 1.807) is 6.07 Å². The Kier molecular flexibility index (Phi) is 18.3. The van der Waals surface area contributed by atoms with E-state index in [1.807, 2.05) is 0 Å². The van der Waals surface area contributed by atoms with E-state index in [2.05, 4.69) is 20.8 Å². The Bertz CT molecular complexity index is 712. The van der Waals surface area contributed by atoms with Crippen LogP contribution in [0.5, 0.6) is 0 Å². The van der Waals surface area contributed by atoms with Crippen molar-refractivity contribution in [2.75, 3.05) is 19.8 Å². The number of carbonyl (C=O) groups excluding carboxylic acids is 3. The normalized spacial score (nSPS) is 10.8. The minimum Gasteiger partial charge on any atom is -0.462 e. The van der Waals surface area contributed by atoms with Crippen LogP contribution >= 0.6 is 0 Å². The highest BCUT2D eigenvalue weighted by atomic mass is 16.5. The van der Waals surface area contributed by atoms with E-state index in [0.29, 0.717) is 0 Å². The lowest BCUT2D eigenvalue weighted by atomic mass is 10.0. The van der Waals surface area contributed by atoms with Gasteiger partial charge in [-0.3, -0.25) is 0 Å². The number of unbranched alkanes of at least 4 members (excludes halogenated alkanes) is 12. The Hall–Kier alpha value is -2.37. The summed E-state index contributed by atoms with van der Waals surface area (Å²) < 4.78 is 16.4. The standard InChI is InChI=1S/C30H48O6/c1-4-7-10-13-16-22-34-28(31)25-20-19-21-26(29(32)35-23-17-14-11-8-5-2)27(25)30(33)36-24-18-15-12-9-6-3/h19-21H,4-18,22-24H2,1-3H3. The molecule has 0 aliphatic heterocycles. The summed E-state index contributed by atoms with van der Waals surface area (Å²) in [5, 5.41) is 0. The van der Waals surface area contributed by atoms with E-state index in [1.165, 1.54) is 12.1 Å². The lowest BCUT2D eigenvalue weighted by molar-refractivity contribution is 0.0430. The number of esters is 3. The predicted octanol–water partition coefficient (Wildman–Crippen LogP) is 8.07. The lowest BCUT2D eigenvalue weighted by Crippen LogP contribution is -2.20. The van der Waals surface area contributed by atoms with Gasteiger partial charge >= 0.3 is 17.9 Å². The molecule has 0 aliphatic carbocycles. The molecule has 0 aliphatic rings. The average molecular weight is 505 g/mol. The average Bonchev–Trinajstić information content (AvgIpc) is 2.89. The summed E-state index contributed by atoms with van der Waals surface area (Å²) in [5.74, 6) is -1.92. The number of hydrogen-bond donors (Lipinski definition) is 0. The van der Waals surface area contributed by atoms with Gasteiger partial charge in [-0.15, -0.1) is 0 Å². The summed E-state index contributed by atoms with van der Waals surface area (Å²) in [6, 6.07) is 4.61. The highest BCUT2D eigenvalue weighted by Crippen LogP contribution is 2.20. The van der Waals surface area contributed by atoms with E-state index in [0.717, 1.165) is 96.3 Å². The van der Waals surface area contributed by atoms with Gasteiger partial charge in [0.1, 0.15) is 0 Å². The van der Waals surface area contributed by atoms with Gasteiger partial charge in [-0.05, 0) is 31.4 Å². The first-order chi connectivity index (χ1) is 17.6. The van der Waals surface area contributed by atoms with Crippen LogP contribution < -0.4 is 0 Å². The molecular formula is C30H48O6. The second kappa shape index (κ2) is 20.8. The van der Waals surface area contributed by atoms with Crippen molar-refractivity contribution in [2.24, 2.45) is 0 Å². The fourth-order valence-electron chi connectivity index (χ4n) is 3.95. The maximum atomic E-state index is 13.0. The predicted molar refractivity (Wildman–Crippen MR) is 144 cm³/mol. The second-order valence-corrected chi connectivity index (χ2v) is 9.38. The minimum atomic E-state index is -0.684. The molecule has 1 rings (SSSR count). The van der Waals surface area contributed by atoms with E-state index in [-0.39, 0.29) is 36.5 Å². The molecule has 6 nitrogen and oxygen atoms in total. The van der Waals surface area contributed by atoms with Crippen molar-refractivity contribution in [3.05, 3.63) is 34.9 Å². The van der Waals surface area contributed by atoms with Crippen LogP contribution in [0.25, 0.3) is 0 Å². The monoisotopic (exact) mass is 504 g/mol. The topological polar surface area (TPSA) is 78.9 Å². The van der Waals surface area contributed by atoms with Gasteiger partial charge in [-0.25, -0.2) is 14.4 Å². The van der Waals surface area contributed by atoms with Gasteiger partial charge in [-0.2, -0.15) is 0 Å². The van der Waals surface area contributed by atoms with Crippen LogP contribution in [0.2, 0.25) is 0 Å². The van der Waals surface area contributed by atoms with Crippen LogP contribution in [0, 0.1) is 0 Å². The van der Waals surface area contributed by atoms with Crippen LogP contribution in [0.3, 0.4) is 0 Å². The third-order valence-corrected chi connectivity index (χ3v) is 6.15. The third-order valence-electron chi connectivity index (χ3n) is 6.15.